The molecule has 0 amide bonds. The van der Waals surface area contributed by atoms with E-state index in [1.54, 1.807) is 18.8 Å². The lowest BCUT2D eigenvalue weighted by Gasteiger charge is -2.04. The third-order valence-electron chi connectivity index (χ3n) is 1.63. The number of hydrogen-bond acceptors (Lipinski definition) is 3. The molecule has 1 aromatic rings. The van der Waals surface area contributed by atoms with Crippen molar-refractivity contribution in [2.45, 2.75) is 6.92 Å². The molecule has 1 rings (SSSR count). The zero-order chi connectivity index (χ0) is 10.6. The Morgan fingerprint density at radius 3 is 2.36 bits per heavy atom. The van der Waals surface area contributed by atoms with Crippen molar-refractivity contribution >= 4 is 22.5 Å². The quantitative estimate of drug-likeness (QED) is 0.459. The SMILES string of the molecule is C=C(C)SC(=NC)c1ccc(N)cc1. The highest BCUT2D eigenvalue weighted by atomic mass is 32.2. The van der Waals surface area contributed by atoms with E-state index >= 15 is 0 Å². The highest BCUT2D eigenvalue weighted by Gasteiger charge is 2.02. The van der Waals surface area contributed by atoms with Crippen LogP contribution in [0.15, 0.2) is 40.7 Å². The van der Waals surface area contributed by atoms with Crippen LogP contribution in [-0.4, -0.2) is 12.1 Å². The molecule has 0 fully saturated rings. The van der Waals surface area contributed by atoms with E-state index < -0.39 is 0 Å². The van der Waals surface area contributed by atoms with E-state index in [9.17, 15) is 0 Å². The first kappa shape index (κ1) is 10.9. The predicted octanol–water partition coefficient (Wildman–Crippen LogP) is 2.91. The van der Waals surface area contributed by atoms with Gasteiger partial charge >= 0.3 is 0 Å². The van der Waals surface area contributed by atoms with E-state index in [1.165, 1.54) is 0 Å². The molecular weight excluding hydrogens is 192 g/mol. The van der Waals surface area contributed by atoms with Gasteiger partial charge < -0.3 is 5.73 Å². The molecule has 0 atom stereocenters. The number of nitrogens with two attached hydrogens (primary N) is 1. The number of anilines is 1. The maximum Gasteiger partial charge on any atom is 0.102 e. The average Bonchev–Trinajstić information content (AvgIpc) is 2.15. The summed E-state index contributed by atoms with van der Waals surface area (Å²) in [6, 6.07) is 7.68. The Labute approximate surface area is 88.9 Å². The fourth-order valence-electron chi connectivity index (χ4n) is 1.02. The molecule has 0 bridgehead atoms. The molecule has 0 saturated carbocycles. The molecule has 0 aromatic heterocycles. The first-order valence-corrected chi connectivity index (χ1v) is 5.11. The molecule has 14 heavy (non-hydrogen) atoms. The smallest absolute Gasteiger partial charge is 0.102 e. The van der Waals surface area contributed by atoms with Crippen LogP contribution in [0, 0.1) is 0 Å². The summed E-state index contributed by atoms with van der Waals surface area (Å²) in [6.45, 7) is 5.81. The van der Waals surface area contributed by atoms with Crippen molar-refractivity contribution < 1.29 is 0 Å². The molecule has 74 valence electrons. The summed E-state index contributed by atoms with van der Waals surface area (Å²) in [5.74, 6) is 0. The van der Waals surface area contributed by atoms with Crippen LogP contribution < -0.4 is 5.73 Å². The molecule has 3 heteroatoms. The number of benzene rings is 1. The van der Waals surface area contributed by atoms with Crippen molar-refractivity contribution in [2.75, 3.05) is 12.8 Å². The van der Waals surface area contributed by atoms with Gasteiger partial charge in [0.25, 0.3) is 0 Å². The van der Waals surface area contributed by atoms with Gasteiger partial charge in [0.2, 0.25) is 0 Å². The van der Waals surface area contributed by atoms with E-state index in [4.69, 9.17) is 5.73 Å². The molecule has 0 aliphatic rings. The second kappa shape index (κ2) is 4.86. The number of nitrogens with zero attached hydrogens (tertiary/aromatic N) is 1. The topological polar surface area (TPSA) is 38.4 Å². The summed E-state index contributed by atoms with van der Waals surface area (Å²) in [5, 5.41) is 0.970. The van der Waals surface area contributed by atoms with Crippen molar-refractivity contribution in [1.82, 2.24) is 0 Å². The first-order chi connectivity index (χ1) is 6.63. The third-order valence-corrected chi connectivity index (χ3v) is 2.59. The minimum absolute atomic E-state index is 0.768. The minimum Gasteiger partial charge on any atom is -0.399 e. The Morgan fingerprint density at radius 2 is 1.93 bits per heavy atom. The fourth-order valence-corrected chi connectivity index (χ4v) is 1.70. The van der Waals surface area contributed by atoms with Crippen LogP contribution >= 0.6 is 11.8 Å². The molecule has 0 heterocycles. The number of hydrogen-bond donors (Lipinski definition) is 1. The number of rotatable bonds is 2. The van der Waals surface area contributed by atoms with E-state index in [1.807, 2.05) is 31.2 Å². The van der Waals surface area contributed by atoms with Crippen LogP contribution in [0.2, 0.25) is 0 Å². The standard InChI is InChI=1S/C11H14N2S/c1-8(2)14-11(13-3)9-4-6-10(12)7-5-9/h4-7H,1,12H2,2-3H3. The Bertz CT molecular complexity index is 352. The molecule has 0 spiro atoms. The monoisotopic (exact) mass is 206 g/mol. The average molecular weight is 206 g/mol. The van der Waals surface area contributed by atoms with Gasteiger partial charge in [0, 0.05) is 18.3 Å². The fraction of sp³-hybridized carbons (Fsp3) is 0.182. The summed E-state index contributed by atoms with van der Waals surface area (Å²) in [5.41, 5.74) is 7.45. The molecular formula is C11H14N2S. The lowest BCUT2D eigenvalue weighted by molar-refractivity contribution is 1.45. The number of thioether (sulfide) groups is 1. The third kappa shape index (κ3) is 2.92. The van der Waals surface area contributed by atoms with E-state index in [-0.39, 0.29) is 0 Å². The normalized spacial score (nSPS) is 11.4. The van der Waals surface area contributed by atoms with E-state index in [0.717, 1.165) is 21.2 Å². The lowest BCUT2D eigenvalue weighted by Crippen LogP contribution is -1.95. The highest BCUT2D eigenvalue weighted by molar-refractivity contribution is 8.17. The largest absolute Gasteiger partial charge is 0.399 e. The van der Waals surface area contributed by atoms with Gasteiger partial charge in [-0.25, -0.2) is 0 Å². The number of allylic oxidation sites excluding steroid dienone is 1. The van der Waals surface area contributed by atoms with Gasteiger partial charge in [-0.15, -0.1) is 0 Å². The van der Waals surface area contributed by atoms with Crippen molar-refractivity contribution in [3.8, 4) is 0 Å². The van der Waals surface area contributed by atoms with E-state index in [2.05, 4.69) is 11.6 Å². The van der Waals surface area contributed by atoms with Crippen LogP contribution in [0.3, 0.4) is 0 Å². The number of nitrogen functional groups attached to an aromatic ring is 1. The summed E-state index contributed by atoms with van der Waals surface area (Å²) < 4.78 is 0. The minimum atomic E-state index is 0.768. The molecule has 0 saturated heterocycles. The van der Waals surface area contributed by atoms with Crippen molar-refractivity contribution in [2.24, 2.45) is 4.99 Å². The number of aliphatic imine (C=N–C) groups is 1. The zero-order valence-electron chi connectivity index (χ0n) is 8.45. The summed E-state index contributed by atoms with van der Waals surface area (Å²) >= 11 is 1.57. The molecule has 0 unspecified atom stereocenters. The molecule has 0 aliphatic heterocycles. The van der Waals surface area contributed by atoms with Crippen LogP contribution in [0.25, 0.3) is 0 Å². The Balaban J connectivity index is 2.91. The van der Waals surface area contributed by atoms with Crippen molar-refractivity contribution in [3.63, 3.8) is 0 Å². The van der Waals surface area contributed by atoms with Gasteiger partial charge in [-0.05, 0) is 24.0 Å². The van der Waals surface area contributed by atoms with Gasteiger partial charge in [-0.2, -0.15) is 0 Å². The summed E-state index contributed by atoms with van der Waals surface area (Å²) in [6.07, 6.45) is 0. The summed E-state index contributed by atoms with van der Waals surface area (Å²) in [7, 11) is 1.78. The van der Waals surface area contributed by atoms with Crippen LogP contribution in [0.1, 0.15) is 12.5 Å². The Kier molecular flexibility index (Phi) is 3.77. The predicted molar refractivity (Wildman–Crippen MR) is 65.7 cm³/mol. The van der Waals surface area contributed by atoms with E-state index in [0.29, 0.717) is 0 Å². The van der Waals surface area contributed by atoms with Gasteiger partial charge in [0.15, 0.2) is 0 Å². The maximum absolute atomic E-state index is 5.61. The second-order valence-corrected chi connectivity index (χ2v) is 4.24. The Morgan fingerprint density at radius 1 is 1.36 bits per heavy atom. The summed E-state index contributed by atoms with van der Waals surface area (Å²) in [4.78, 5) is 5.24. The van der Waals surface area contributed by atoms with Gasteiger partial charge in [0.1, 0.15) is 5.04 Å². The van der Waals surface area contributed by atoms with Crippen LogP contribution in [0.4, 0.5) is 5.69 Å². The van der Waals surface area contributed by atoms with Gasteiger partial charge in [0.05, 0.1) is 0 Å². The molecule has 2 N–H and O–H groups in total. The van der Waals surface area contributed by atoms with Gasteiger partial charge in [-0.3, -0.25) is 4.99 Å². The Hall–Kier alpha value is -1.22. The van der Waals surface area contributed by atoms with Crippen LogP contribution in [0.5, 0.6) is 0 Å². The maximum atomic E-state index is 5.61. The highest BCUT2D eigenvalue weighted by Crippen LogP contribution is 2.20. The molecule has 0 radical (unpaired) electrons. The molecule has 2 nitrogen and oxygen atoms in total. The first-order valence-electron chi connectivity index (χ1n) is 4.29. The molecule has 1 aromatic carbocycles. The van der Waals surface area contributed by atoms with Gasteiger partial charge in [-0.1, -0.05) is 30.5 Å². The van der Waals surface area contributed by atoms with Crippen molar-refractivity contribution in [3.05, 3.63) is 41.3 Å². The molecule has 0 aliphatic carbocycles. The lowest BCUT2D eigenvalue weighted by atomic mass is 10.2. The van der Waals surface area contributed by atoms with Crippen LogP contribution in [-0.2, 0) is 0 Å². The van der Waals surface area contributed by atoms with Crippen molar-refractivity contribution in [1.29, 1.82) is 0 Å². The second-order valence-electron chi connectivity index (χ2n) is 2.95. The zero-order valence-corrected chi connectivity index (χ0v) is 9.27.